The minimum absolute atomic E-state index is 0.586. The Morgan fingerprint density at radius 2 is 1.97 bits per heavy atom. The molecule has 0 fully saturated rings. The number of rotatable bonds is 8. The molecule has 0 radical (unpaired) electrons. The zero-order chi connectivity index (χ0) is 22.8. The van der Waals surface area contributed by atoms with Crippen LogP contribution in [0.25, 0.3) is 6.08 Å². The highest BCUT2D eigenvalue weighted by atomic mass is 32.2. The molecule has 0 saturated heterocycles. The number of hydrogen-bond donors (Lipinski definition) is 0. The third-order valence-electron chi connectivity index (χ3n) is 5.99. The van der Waals surface area contributed by atoms with Gasteiger partial charge in [0.2, 0.25) is 0 Å². The van der Waals surface area contributed by atoms with Gasteiger partial charge in [-0.2, -0.15) is 0 Å². The minimum atomic E-state index is 0.586. The third kappa shape index (κ3) is 6.05. The van der Waals surface area contributed by atoms with Crippen LogP contribution < -0.4 is 15.3 Å². The topological polar surface area (TPSA) is 24.8 Å². The lowest BCUT2D eigenvalue weighted by Crippen LogP contribution is -2.43. The predicted octanol–water partition coefficient (Wildman–Crippen LogP) is 6.44. The minimum Gasteiger partial charge on any atom is -0.475 e. The fourth-order valence-electron chi connectivity index (χ4n) is 4.32. The number of ether oxygens (including phenoxy) is 1. The summed E-state index contributed by atoms with van der Waals surface area (Å²) >= 11 is 1.89. The lowest BCUT2D eigenvalue weighted by atomic mass is 10.0. The number of hydrogen-bond acceptors (Lipinski definition) is 4. The molecule has 2 aromatic carbocycles. The van der Waals surface area contributed by atoms with E-state index in [9.17, 15) is 0 Å². The van der Waals surface area contributed by atoms with Crippen molar-refractivity contribution in [2.24, 2.45) is 4.99 Å². The maximum atomic E-state index is 6.34. The van der Waals surface area contributed by atoms with Crippen molar-refractivity contribution in [1.29, 1.82) is 0 Å². The molecule has 32 heavy (non-hydrogen) atoms. The van der Waals surface area contributed by atoms with Crippen molar-refractivity contribution < 1.29 is 4.74 Å². The average Bonchev–Trinajstić information content (AvgIpc) is 3.11. The van der Waals surface area contributed by atoms with Gasteiger partial charge in [-0.25, -0.2) is 0 Å². The van der Waals surface area contributed by atoms with E-state index in [1.54, 1.807) is 0 Å². The molecular weight excluding hydrogens is 412 g/mol. The normalized spacial score (nSPS) is 15.6. The standard InChI is InChI=1S/C26H32N2OS.C2H6/c1-3-5-11-22(4-2)28-17-20-16-21(18-30-23-12-7-6-8-13-23)24-14-9-10-15-27-25(24)26(20)29-19-28;1-2/h6-8,10,12-16,22H,3-5,9,11,17-19H2,1-2H3;1-2H3. The zero-order valence-electron chi connectivity index (χ0n) is 20.1. The molecule has 3 nitrogen and oxygen atoms in total. The van der Waals surface area contributed by atoms with Crippen LogP contribution in [0.15, 0.2) is 58.6 Å². The van der Waals surface area contributed by atoms with E-state index in [4.69, 9.17) is 9.73 Å². The second-order valence-electron chi connectivity index (χ2n) is 8.07. The molecule has 0 aliphatic carbocycles. The number of unbranched alkanes of at least 4 members (excludes halogenated alkanes) is 1. The summed E-state index contributed by atoms with van der Waals surface area (Å²) in [4.78, 5) is 8.60. The van der Waals surface area contributed by atoms with Crippen molar-refractivity contribution in [3.05, 3.63) is 70.4 Å². The molecule has 0 spiro atoms. The Morgan fingerprint density at radius 1 is 1.16 bits per heavy atom. The Balaban J connectivity index is 0.00000141. The van der Waals surface area contributed by atoms with E-state index in [0.717, 1.165) is 29.8 Å². The van der Waals surface area contributed by atoms with Gasteiger partial charge in [0.05, 0.1) is 0 Å². The van der Waals surface area contributed by atoms with E-state index in [0.29, 0.717) is 12.8 Å². The predicted molar refractivity (Wildman–Crippen MR) is 137 cm³/mol. The molecule has 2 aromatic rings. The summed E-state index contributed by atoms with van der Waals surface area (Å²) in [7, 11) is 0. The van der Waals surface area contributed by atoms with Gasteiger partial charge in [0.15, 0.2) is 5.75 Å². The summed E-state index contributed by atoms with van der Waals surface area (Å²) in [5.41, 5.74) is 2.64. The molecule has 0 N–H and O–H groups in total. The first-order chi connectivity index (χ1) is 15.8. The molecule has 1 atom stereocenters. The molecule has 0 aromatic heterocycles. The van der Waals surface area contributed by atoms with Crippen molar-refractivity contribution in [2.45, 2.75) is 83.0 Å². The van der Waals surface area contributed by atoms with Gasteiger partial charge in [0, 0.05) is 40.2 Å². The molecule has 0 amide bonds. The van der Waals surface area contributed by atoms with Crippen molar-refractivity contribution in [2.75, 3.05) is 6.73 Å². The van der Waals surface area contributed by atoms with Gasteiger partial charge in [0.1, 0.15) is 12.1 Å². The first-order valence-corrected chi connectivity index (χ1v) is 13.2. The summed E-state index contributed by atoms with van der Waals surface area (Å²) < 4.78 is 6.34. The average molecular weight is 451 g/mol. The van der Waals surface area contributed by atoms with E-state index in [1.807, 2.05) is 31.8 Å². The summed E-state index contributed by atoms with van der Waals surface area (Å²) in [6.45, 7) is 10.2. The lowest BCUT2D eigenvalue weighted by molar-refractivity contribution is 0.0482. The van der Waals surface area contributed by atoms with Gasteiger partial charge in [0.25, 0.3) is 0 Å². The largest absolute Gasteiger partial charge is 0.475 e. The van der Waals surface area contributed by atoms with Gasteiger partial charge in [-0.15, -0.1) is 11.8 Å². The quantitative estimate of drug-likeness (QED) is 0.432. The van der Waals surface area contributed by atoms with Crippen LogP contribution in [0, 0.1) is 0 Å². The van der Waals surface area contributed by atoms with Crippen LogP contribution in [0.4, 0.5) is 0 Å². The first-order valence-electron chi connectivity index (χ1n) is 12.2. The number of thioether (sulfide) groups is 1. The summed E-state index contributed by atoms with van der Waals surface area (Å²) in [5, 5.41) is 2.26. The van der Waals surface area contributed by atoms with Gasteiger partial charge in [-0.05, 0) is 43.0 Å². The number of benzene rings is 2. The summed E-state index contributed by atoms with van der Waals surface area (Å²) in [6, 6.07) is 13.6. The van der Waals surface area contributed by atoms with Crippen molar-refractivity contribution in [3.63, 3.8) is 0 Å². The van der Waals surface area contributed by atoms with E-state index in [2.05, 4.69) is 67.3 Å². The molecule has 0 bridgehead atoms. The highest BCUT2D eigenvalue weighted by Crippen LogP contribution is 2.27. The maximum absolute atomic E-state index is 6.34. The van der Waals surface area contributed by atoms with E-state index in [1.165, 1.54) is 46.9 Å². The highest BCUT2D eigenvalue weighted by Gasteiger charge is 2.25. The monoisotopic (exact) mass is 450 g/mol. The van der Waals surface area contributed by atoms with Crippen LogP contribution in [0.5, 0.6) is 5.75 Å². The summed E-state index contributed by atoms with van der Waals surface area (Å²) in [5.74, 6) is 1.93. The third-order valence-corrected chi connectivity index (χ3v) is 7.05. The smallest absolute Gasteiger partial charge is 0.152 e. The number of fused-ring (bicyclic) bond motifs is 3. The van der Waals surface area contributed by atoms with Gasteiger partial charge in [-0.1, -0.05) is 70.9 Å². The van der Waals surface area contributed by atoms with Crippen molar-refractivity contribution >= 4 is 17.8 Å². The molecule has 4 heteroatoms. The Kier molecular flexibility index (Phi) is 9.89. The Bertz CT molecular complexity index is 1000. The fourth-order valence-corrected chi connectivity index (χ4v) is 5.23. The second-order valence-corrected chi connectivity index (χ2v) is 9.12. The van der Waals surface area contributed by atoms with E-state index < -0.39 is 0 Å². The second kappa shape index (κ2) is 12.9. The molecule has 2 aliphatic heterocycles. The Hall–Kier alpha value is -2.04. The molecule has 172 valence electrons. The Morgan fingerprint density at radius 3 is 2.72 bits per heavy atom. The van der Waals surface area contributed by atoms with Crippen LogP contribution in [0.2, 0.25) is 0 Å². The molecule has 0 saturated carbocycles. The fraction of sp³-hybridized carbons (Fsp3) is 0.464. The van der Waals surface area contributed by atoms with Crippen LogP contribution in [-0.4, -0.2) is 17.7 Å². The lowest BCUT2D eigenvalue weighted by Gasteiger charge is -2.35. The maximum Gasteiger partial charge on any atom is 0.152 e. The van der Waals surface area contributed by atoms with Gasteiger partial charge in [-0.3, -0.25) is 9.89 Å². The molecule has 2 heterocycles. The summed E-state index contributed by atoms with van der Waals surface area (Å²) in [6.07, 6.45) is 12.2. The molecule has 1 unspecified atom stereocenters. The number of allylic oxidation sites excluding steroid dienone is 1. The molecule has 2 aliphatic rings. The van der Waals surface area contributed by atoms with E-state index in [-0.39, 0.29) is 0 Å². The van der Waals surface area contributed by atoms with Crippen molar-refractivity contribution in [1.82, 2.24) is 4.90 Å². The van der Waals surface area contributed by atoms with E-state index >= 15 is 0 Å². The first kappa shape index (κ1) is 24.6. The van der Waals surface area contributed by atoms with Crippen LogP contribution in [0.1, 0.15) is 70.9 Å². The highest BCUT2D eigenvalue weighted by molar-refractivity contribution is 7.98. The SMILES string of the molecule is CC.CCCCC(CC)N1COc2c(cc(CSc3ccccc3)c3c2=NC=CCC=3)C1. The van der Waals surface area contributed by atoms with Crippen LogP contribution in [0.3, 0.4) is 0 Å². The van der Waals surface area contributed by atoms with Crippen molar-refractivity contribution in [3.8, 4) is 5.75 Å². The van der Waals surface area contributed by atoms with Gasteiger partial charge < -0.3 is 4.74 Å². The zero-order valence-corrected chi connectivity index (χ0v) is 21.0. The Labute approximate surface area is 198 Å². The molecule has 4 rings (SSSR count). The number of nitrogens with zero attached hydrogens (tertiary/aromatic N) is 2. The van der Waals surface area contributed by atoms with Gasteiger partial charge >= 0.3 is 0 Å². The molecular formula is C28H38N2OS. The van der Waals surface area contributed by atoms with Crippen LogP contribution in [-0.2, 0) is 12.3 Å². The van der Waals surface area contributed by atoms with Crippen LogP contribution >= 0.6 is 11.8 Å².